The molecule has 0 aliphatic rings. The third-order valence-electron chi connectivity index (χ3n) is 1.59. The molecule has 1 aromatic heterocycles. The Morgan fingerprint density at radius 3 is 2.53 bits per heavy atom. The maximum atomic E-state index is 12.5. The van der Waals surface area contributed by atoms with Crippen LogP contribution in [0.5, 0.6) is 5.88 Å². The minimum Gasteiger partial charge on any atom is -0.387 e. The van der Waals surface area contributed by atoms with E-state index in [2.05, 4.69) is 9.72 Å². The van der Waals surface area contributed by atoms with E-state index in [1.165, 1.54) is 6.20 Å². The van der Waals surface area contributed by atoms with Gasteiger partial charge in [0.25, 0.3) is 0 Å². The molecule has 0 atom stereocenters. The number of halogens is 5. The van der Waals surface area contributed by atoms with Crippen molar-refractivity contribution >= 4 is 22.6 Å². The molecule has 2 nitrogen and oxygen atoms in total. The van der Waals surface area contributed by atoms with Gasteiger partial charge < -0.3 is 4.74 Å². The normalized spacial score (nSPS) is 11.6. The molecular weight excluding hydrogens is 329 g/mol. The Hall–Kier alpha value is -0.600. The molecule has 0 aliphatic carbocycles. The van der Waals surface area contributed by atoms with Gasteiger partial charge in [-0.25, -0.2) is 9.37 Å². The average Bonchev–Trinajstić information content (AvgIpc) is 2.10. The maximum absolute atomic E-state index is 12.5. The van der Waals surface area contributed by atoms with Crippen molar-refractivity contribution in [3.63, 3.8) is 0 Å². The highest BCUT2D eigenvalue weighted by molar-refractivity contribution is 14.1. The topological polar surface area (TPSA) is 22.1 Å². The van der Waals surface area contributed by atoms with Crippen molar-refractivity contribution in [1.29, 1.82) is 0 Å². The Labute approximate surface area is 96.8 Å². The molecule has 0 radical (unpaired) electrons. The number of rotatable bonds is 2. The predicted molar refractivity (Wildman–Crippen MR) is 53.2 cm³/mol. The fourth-order valence-electron chi connectivity index (χ4n) is 0.935. The fourth-order valence-corrected chi connectivity index (χ4v) is 1.45. The van der Waals surface area contributed by atoms with Crippen molar-refractivity contribution in [1.82, 2.24) is 4.98 Å². The van der Waals surface area contributed by atoms with Gasteiger partial charge >= 0.3 is 6.36 Å². The van der Waals surface area contributed by atoms with Crippen LogP contribution < -0.4 is 4.74 Å². The van der Waals surface area contributed by atoms with Crippen LogP contribution in [0.25, 0.3) is 0 Å². The highest BCUT2D eigenvalue weighted by Gasteiger charge is 2.33. The van der Waals surface area contributed by atoms with Crippen molar-refractivity contribution in [3.05, 3.63) is 20.9 Å². The molecule has 0 fully saturated rings. The molecule has 0 spiro atoms. The Morgan fingerprint density at radius 1 is 1.47 bits per heavy atom. The largest absolute Gasteiger partial charge is 0.574 e. The molecule has 0 bridgehead atoms. The number of alkyl halides is 4. The highest BCUT2D eigenvalue weighted by Crippen LogP contribution is 2.29. The summed E-state index contributed by atoms with van der Waals surface area (Å²) in [4.78, 5) is 3.41. The molecule has 0 amide bonds. The van der Waals surface area contributed by atoms with E-state index in [9.17, 15) is 17.6 Å². The second-order valence-corrected chi connectivity index (χ2v) is 3.80. The van der Waals surface area contributed by atoms with Crippen LogP contribution in [0.3, 0.4) is 0 Å². The standard InChI is InChI=1S/C8H6F4INO/c1-4-3-14-7(15-8(10,11)12)5(2-9)6(4)13/h3H,2H2,1H3. The van der Waals surface area contributed by atoms with Crippen LogP contribution in [-0.4, -0.2) is 11.3 Å². The molecule has 0 aliphatic heterocycles. The summed E-state index contributed by atoms with van der Waals surface area (Å²) >= 11 is 1.75. The summed E-state index contributed by atoms with van der Waals surface area (Å²) in [5, 5.41) is 0. The van der Waals surface area contributed by atoms with Gasteiger partial charge in [-0.05, 0) is 35.1 Å². The number of pyridine rings is 1. The highest BCUT2D eigenvalue weighted by atomic mass is 127. The predicted octanol–water partition coefficient (Wildman–Crippen LogP) is 3.36. The summed E-state index contributed by atoms with van der Waals surface area (Å²) in [6.45, 7) is 0.587. The van der Waals surface area contributed by atoms with E-state index in [0.717, 1.165) is 0 Å². The van der Waals surface area contributed by atoms with Crippen molar-refractivity contribution in [2.75, 3.05) is 0 Å². The zero-order chi connectivity index (χ0) is 11.6. The van der Waals surface area contributed by atoms with Gasteiger partial charge in [0, 0.05) is 9.77 Å². The molecule has 1 rings (SSSR count). The van der Waals surface area contributed by atoms with Crippen LogP contribution in [0.4, 0.5) is 17.6 Å². The Balaban J connectivity index is 3.14. The lowest BCUT2D eigenvalue weighted by Gasteiger charge is -2.12. The molecule has 0 aromatic carbocycles. The van der Waals surface area contributed by atoms with Crippen molar-refractivity contribution < 1.29 is 22.3 Å². The van der Waals surface area contributed by atoms with Gasteiger partial charge in [0.1, 0.15) is 6.67 Å². The van der Waals surface area contributed by atoms with E-state index < -0.39 is 18.9 Å². The second kappa shape index (κ2) is 4.50. The minimum atomic E-state index is -4.85. The smallest absolute Gasteiger partial charge is 0.387 e. The second-order valence-electron chi connectivity index (χ2n) is 2.72. The first-order valence-electron chi connectivity index (χ1n) is 3.81. The van der Waals surface area contributed by atoms with E-state index in [4.69, 9.17) is 0 Å². The van der Waals surface area contributed by atoms with Crippen LogP contribution >= 0.6 is 22.6 Å². The van der Waals surface area contributed by atoms with Crippen LogP contribution in [0, 0.1) is 10.5 Å². The Morgan fingerprint density at radius 2 is 2.07 bits per heavy atom. The molecule has 0 N–H and O–H groups in total. The third-order valence-corrected chi connectivity index (χ3v) is 3.09. The monoisotopic (exact) mass is 335 g/mol. The van der Waals surface area contributed by atoms with Gasteiger partial charge in [-0.15, -0.1) is 13.2 Å². The lowest BCUT2D eigenvalue weighted by Crippen LogP contribution is -2.19. The van der Waals surface area contributed by atoms with E-state index in [1.807, 2.05) is 0 Å². The first-order chi connectivity index (χ1) is 6.85. The van der Waals surface area contributed by atoms with Gasteiger partial charge in [0.2, 0.25) is 5.88 Å². The number of aromatic nitrogens is 1. The van der Waals surface area contributed by atoms with E-state index in [0.29, 0.717) is 9.13 Å². The number of nitrogens with zero attached hydrogens (tertiary/aromatic N) is 1. The maximum Gasteiger partial charge on any atom is 0.574 e. The van der Waals surface area contributed by atoms with Gasteiger partial charge in [-0.3, -0.25) is 0 Å². The van der Waals surface area contributed by atoms with Crippen LogP contribution in [-0.2, 0) is 6.67 Å². The van der Waals surface area contributed by atoms with Gasteiger partial charge in [0.05, 0.1) is 5.56 Å². The molecular formula is C8H6F4INO. The zero-order valence-corrected chi connectivity index (χ0v) is 9.69. The molecule has 1 heterocycles. The summed E-state index contributed by atoms with van der Waals surface area (Å²) in [7, 11) is 0. The molecule has 15 heavy (non-hydrogen) atoms. The number of hydrogen-bond acceptors (Lipinski definition) is 2. The van der Waals surface area contributed by atoms with Crippen LogP contribution in [0.1, 0.15) is 11.1 Å². The lowest BCUT2D eigenvalue weighted by molar-refractivity contribution is -0.276. The molecule has 1 aromatic rings. The Kier molecular flexibility index (Phi) is 3.74. The third kappa shape index (κ3) is 3.18. The number of ether oxygens (including phenoxy) is 1. The molecule has 0 saturated heterocycles. The summed E-state index contributed by atoms with van der Waals surface area (Å²) in [5.41, 5.74) is 0.436. The van der Waals surface area contributed by atoms with E-state index in [-0.39, 0.29) is 5.56 Å². The summed E-state index contributed by atoms with van der Waals surface area (Å²) in [6.07, 6.45) is -3.64. The number of aryl methyl sites for hydroxylation is 1. The Bertz CT molecular complexity index is 366. The first-order valence-corrected chi connectivity index (χ1v) is 4.88. The average molecular weight is 335 g/mol. The molecule has 0 saturated carbocycles. The van der Waals surface area contributed by atoms with Crippen molar-refractivity contribution in [2.24, 2.45) is 0 Å². The SMILES string of the molecule is Cc1cnc(OC(F)(F)F)c(CF)c1I. The van der Waals surface area contributed by atoms with Gasteiger partial charge in [0.15, 0.2) is 0 Å². The van der Waals surface area contributed by atoms with Crippen molar-refractivity contribution in [2.45, 2.75) is 20.0 Å². The summed E-state index contributed by atoms with van der Waals surface area (Å²) < 4.78 is 52.2. The van der Waals surface area contributed by atoms with E-state index in [1.54, 1.807) is 29.5 Å². The summed E-state index contributed by atoms with van der Waals surface area (Å²) in [6, 6.07) is 0. The first kappa shape index (κ1) is 12.5. The summed E-state index contributed by atoms with van der Waals surface area (Å²) in [5.74, 6) is -0.722. The molecule has 0 unspecified atom stereocenters. The van der Waals surface area contributed by atoms with Crippen molar-refractivity contribution in [3.8, 4) is 5.88 Å². The van der Waals surface area contributed by atoms with Gasteiger partial charge in [-0.2, -0.15) is 0 Å². The quantitative estimate of drug-likeness (QED) is 0.611. The zero-order valence-electron chi connectivity index (χ0n) is 7.53. The van der Waals surface area contributed by atoms with Gasteiger partial charge in [-0.1, -0.05) is 0 Å². The molecule has 84 valence electrons. The lowest BCUT2D eigenvalue weighted by atomic mass is 10.2. The molecule has 7 heteroatoms. The van der Waals surface area contributed by atoms with Crippen LogP contribution in [0.2, 0.25) is 0 Å². The fraction of sp³-hybridized carbons (Fsp3) is 0.375. The minimum absolute atomic E-state index is 0.173. The van der Waals surface area contributed by atoms with Crippen LogP contribution in [0.15, 0.2) is 6.20 Å². The number of hydrogen-bond donors (Lipinski definition) is 0. The van der Waals surface area contributed by atoms with E-state index >= 15 is 0 Å².